The molecule has 0 spiro atoms. The first kappa shape index (κ1) is 54.5. The number of ether oxygens (including phenoxy) is 10. The van der Waals surface area contributed by atoms with Gasteiger partial charge in [-0.1, -0.05) is 0 Å². The van der Waals surface area contributed by atoms with Gasteiger partial charge in [0.15, 0.2) is 0 Å². The largest absolute Gasteiger partial charge is 0.469 e. The van der Waals surface area contributed by atoms with Gasteiger partial charge in [-0.25, -0.2) is 0 Å². The maximum atomic E-state index is 11.3. The lowest BCUT2D eigenvalue weighted by atomic mass is 9.90. The zero-order valence-electron chi connectivity index (χ0n) is 33.3. The third-order valence-corrected chi connectivity index (χ3v) is 9.34. The summed E-state index contributed by atoms with van der Waals surface area (Å²) in [7, 11) is 11.3. The third kappa shape index (κ3) is 29.6. The van der Waals surface area contributed by atoms with E-state index in [0.717, 1.165) is 5.75 Å². The molecule has 0 bridgehead atoms. The van der Waals surface area contributed by atoms with Crippen LogP contribution in [-0.2, 0) is 71.3 Å². The lowest BCUT2D eigenvalue weighted by molar-refractivity contribution is -0.149. The van der Waals surface area contributed by atoms with Crippen LogP contribution in [0.3, 0.4) is 0 Å². The SMILES string of the molecule is CC(=O)CCSCC(COC=O)OC=O.COC(=O)C(C)(C)CSCCC(C)=O.COCC(COC)(COC)COCC(COC)(COC)COC. The maximum absolute atomic E-state index is 11.3. The Balaban J connectivity index is -0.000000725. The van der Waals surface area contributed by atoms with Crippen LogP contribution in [0.4, 0.5) is 0 Å². The molecule has 0 saturated heterocycles. The molecule has 0 saturated carbocycles. The second-order valence-corrected chi connectivity index (χ2v) is 15.0. The summed E-state index contributed by atoms with van der Waals surface area (Å²) in [5, 5.41) is 0. The number of methoxy groups -OCH3 is 7. The Labute approximate surface area is 319 Å². The summed E-state index contributed by atoms with van der Waals surface area (Å²) in [5.41, 5.74) is -1.16. The van der Waals surface area contributed by atoms with Gasteiger partial charge in [-0.05, 0) is 27.7 Å². The molecule has 0 aromatic rings. The quantitative estimate of drug-likeness (QED) is 0.0420. The lowest BCUT2D eigenvalue weighted by Gasteiger charge is -2.35. The second-order valence-electron chi connectivity index (χ2n) is 12.8. The monoisotopic (exact) mass is 790 g/mol. The van der Waals surface area contributed by atoms with Crippen molar-refractivity contribution in [2.24, 2.45) is 16.2 Å². The molecule has 0 aromatic heterocycles. The van der Waals surface area contributed by atoms with Crippen LogP contribution in [-0.4, -0.2) is 169 Å². The number of carbonyl (C=O) groups excluding carboxylic acids is 5. The summed E-state index contributed by atoms with van der Waals surface area (Å²) in [5.74, 6) is 2.76. The van der Waals surface area contributed by atoms with Crippen LogP contribution in [0.1, 0.15) is 40.5 Å². The molecule has 1 unspecified atom stereocenters. The lowest BCUT2D eigenvalue weighted by Crippen LogP contribution is -2.45. The molecule has 0 amide bonds. The molecule has 0 aliphatic heterocycles. The summed E-state index contributed by atoms with van der Waals surface area (Å²) in [6, 6.07) is 0. The number of carbonyl (C=O) groups is 5. The van der Waals surface area contributed by atoms with Gasteiger partial charge in [0, 0.05) is 78.5 Å². The molecule has 52 heavy (non-hydrogen) atoms. The van der Waals surface area contributed by atoms with Crippen LogP contribution in [0.2, 0.25) is 0 Å². The molecule has 0 N–H and O–H groups in total. The highest BCUT2D eigenvalue weighted by Gasteiger charge is 2.35. The van der Waals surface area contributed by atoms with Gasteiger partial charge >= 0.3 is 5.97 Å². The summed E-state index contributed by atoms with van der Waals surface area (Å²) in [6.45, 7) is 11.3. The molecule has 0 rings (SSSR count). The zero-order valence-corrected chi connectivity index (χ0v) is 34.9. The van der Waals surface area contributed by atoms with Gasteiger partial charge in [-0.3, -0.25) is 24.0 Å². The normalized spacial score (nSPS) is 12.0. The predicted molar refractivity (Wildman–Crippen MR) is 201 cm³/mol. The Morgan fingerprint density at radius 3 is 1.35 bits per heavy atom. The van der Waals surface area contributed by atoms with Crippen molar-refractivity contribution < 1.29 is 71.3 Å². The molecule has 308 valence electrons. The first-order valence-corrected chi connectivity index (χ1v) is 18.9. The van der Waals surface area contributed by atoms with Crippen molar-refractivity contribution in [1.82, 2.24) is 0 Å². The number of hydrogen-bond donors (Lipinski definition) is 0. The third-order valence-electron chi connectivity index (χ3n) is 6.82. The minimum absolute atomic E-state index is 0.0509. The van der Waals surface area contributed by atoms with E-state index in [1.807, 2.05) is 13.8 Å². The summed E-state index contributed by atoms with van der Waals surface area (Å²) < 4.78 is 51.8. The predicted octanol–water partition coefficient (Wildman–Crippen LogP) is 3.17. The van der Waals surface area contributed by atoms with Gasteiger partial charge in [0.2, 0.25) is 0 Å². The fourth-order valence-electron chi connectivity index (χ4n) is 4.48. The Hall–Kier alpha value is -1.83. The highest BCUT2D eigenvalue weighted by molar-refractivity contribution is 7.99. The molecule has 0 aliphatic carbocycles. The van der Waals surface area contributed by atoms with E-state index in [1.54, 1.807) is 61.3 Å². The Morgan fingerprint density at radius 2 is 1.02 bits per heavy atom. The summed E-state index contributed by atoms with van der Waals surface area (Å²) in [4.78, 5) is 52.5. The van der Waals surface area contributed by atoms with Crippen molar-refractivity contribution in [3.63, 3.8) is 0 Å². The van der Waals surface area contributed by atoms with Crippen molar-refractivity contribution in [2.75, 3.05) is 132 Å². The first-order valence-electron chi connectivity index (χ1n) is 16.6. The van der Waals surface area contributed by atoms with Crippen molar-refractivity contribution in [3.05, 3.63) is 0 Å². The topological polar surface area (TPSA) is 178 Å². The Bertz CT molecular complexity index is 861. The standard InChI is InChI=1S/C16H34O7.C10H18O3S.C9H14O5S/c1-17-7-15(8-18-2,9-19-3)13-23-14-16(10-20-4,11-21-5)12-22-6;1-8(11)5-6-14-7-10(2,3)9(12)13-4;1-8(12)2-3-15-5-9(14-7-11)4-13-6-10/h7-14H2,1-6H3;5-7H2,1-4H3;6-7,9H,2-5H2,1H3. The van der Waals surface area contributed by atoms with E-state index in [1.165, 1.54) is 25.8 Å². The Morgan fingerprint density at radius 1 is 0.615 bits per heavy atom. The average molecular weight is 791 g/mol. The maximum Gasteiger partial charge on any atom is 0.312 e. The van der Waals surface area contributed by atoms with Gasteiger partial charge in [0.25, 0.3) is 12.9 Å². The fourth-order valence-corrected chi connectivity index (χ4v) is 6.72. The molecule has 0 radical (unpaired) electrons. The highest BCUT2D eigenvalue weighted by atomic mass is 32.2. The van der Waals surface area contributed by atoms with Gasteiger partial charge in [-0.2, -0.15) is 23.5 Å². The number of esters is 1. The van der Waals surface area contributed by atoms with E-state index in [2.05, 4.69) is 14.2 Å². The van der Waals surface area contributed by atoms with Gasteiger partial charge < -0.3 is 47.4 Å². The number of hydrogen-bond acceptors (Lipinski definition) is 17. The zero-order chi connectivity index (χ0) is 40.3. The molecular formula is C35H66O15S2. The van der Waals surface area contributed by atoms with Gasteiger partial charge in [-0.15, -0.1) is 0 Å². The van der Waals surface area contributed by atoms with Crippen molar-refractivity contribution in [2.45, 2.75) is 46.6 Å². The van der Waals surface area contributed by atoms with E-state index in [-0.39, 0.29) is 35.0 Å². The van der Waals surface area contributed by atoms with E-state index < -0.39 is 11.5 Å². The van der Waals surface area contributed by atoms with E-state index in [0.29, 0.717) is 95.9 Å². The van der Waals surface area contributed by atoms with Crippen LogP contribution < -0.4 is 0 Å². The number of thioether (sulfide) groups is 2. The first-order chi connectivity index (χ1) is 24.7. The minimum atomic E-state index is -0.462. The Kier molecular flexibility index (Phi) is 36.6. The number of rotatable bonds is 32. The van der Waals surface area contributed by atoms with Gasteiger partial charge in [0.05, 0.1) is 76.2 Å². The average Bonchev–Trinajstić information content (AvgIpc) is 3.08. The van der Waals surface area contributed by atoms with E-state index in [9.17, 15) is 24.0 Å². The van der Waals surface area contributed by atoms with Crippen molar-refractivity contribution >= 4 is 54.0 Å². The molecule has 1 atom stereocenters. The van der Waals surface area contributed by atoms with Crippen LogP contribution in [0.15, 0.2) is 0 Å². The molecule has 0 fully saturated rings. The van der Waals surface area contributed by atoms with Crippen LogP contribution >= 0.6 is 23.5 Å². The molecule has 17 heteroatoms. The molecule has 0 aromatic carbocycles. The summed E-state index contributed by atoms with van der Waals surface area (Å²) in [6.07, 6.45) is 0.624. The summed E-state index contributed by atoms with van der Waals surface area (Å²) >= 11 is 3.09. The molecule has 0 heterocycles. The smallest absolute Gasteiger partial charge is 0.312 e. The van der Waals surface area contributed by atoms with Crippen LogP contribution in [0, 0.1) is 16.2 Å². The fraction of sp³-hybridized carbons (Fsp3) is 0.857. The molecule has 15 nitrogen and oxygen atoms in total. The van der Waals surface area contributed by atoms with Crippen LogP contribution in [0.5, 0.6) is 0 Å². The van der Waals surface area contributed by atoms with Crippen molar-refractivity contribution in [3.8, 4) is 0 Å². The highest BCUT2D eigenvalue weighted by Crippen LogP contribution is 2.25. The van der Waals surface area contributed by atoms with Crippen LogP contribution in [0.25, 0.3) is 0 Å². The number of Topliss-reactive ketones (excluding diaryl/α,β-unsaturated/α-hetero) is 2. The minimum Gasteiger partial charge on any atom is -0.469 e. The molecular weight excluding hydrogens is 725 g/mol. The van der Waals surface area contributed by atoms with Crippen molar-refractivity contribution in [1.29, 1.82) is 0 Å². The van der Waals surface area contributed by atoms with E-state index in [4.69, 9.17) is 33.2 Å². The second kappa shape index (κ2) is 34.9. The van der Waals surface area contributed by atoms with E-state index >= 15 is 0 Å². The number of ketones is 2. The molecule has 0 aliphatic rings. The van der Waals surface area contributed by atoms with Gasteiger partial charge in [0.1, 0.15) is 24.3 Å².